The second-order valence-corrected chi connectivity index (χ2v) is 10.8. The van der Waals surface area contributed by atoms with Gasteiger partial charge in [0.05, 0.1) is 36.5 Å². The summed E-state index contributed by atoms with van der Waals surface area (Å²) < 4.78 is 49.3. The molecule has 15 nitrogen and oxygen atoms in total. The normalized spacial score (nSPS) is 13.2. The van der Waals surface area contributed by atoms with Crippen LogP contribution in [0.4, 0.5) is 5.95 Å². The minimum Gasteiger partial charge on any atom is -0.479 e. The summed E-state index contributed by atoms with van der Waals surface area (Å²) in [6, 6.07) is 5.49. The maximum Gasteiger partial charge on any atom is 0.245 e. The summed E-state index contributed by atoms with van der Waals surface area (Å²) in [6.45, 7) is 1.45. The highest BCUT2D eigenvalue weighted by atomic mass is 35.5. The van der Waals surface area contributed by atoms with Crippen molar-refractivity contribution in [1.82, 2.24) is 44.3 Å². The van der Waals surface area contributed by atoms with Gasteiger partial charge in [0.15, 0.2) is 17.3 Å². The molecular weight excluding hydrogens is 564 g/mol. The second kappa shape index (κ2) is 11.0. The maximum absolute atomic E-state index is 13.7. The Morgan fingerprint density at radius 1 is 0.975 bits per heavy atom. The summed E-state index contributed by atoms with van der Waals surface area (Å²) in [4.78, 5) is 16.6. The Labute approximate surface area is 233 Å². The van der Waals surface area contributed by atoms with Crippen LogP contribution in [0.5, 0.6) is 11.8 Å². The molecule has 5 heterocycles. The monoisotopic (exact) mass is 586 g/mol. The molecule has 1 N–H and O–H groups in total. The summed E-state index contributed by atoms with van der Waals surface area (Å²) in [5.74, 6) is 0.347. The van der Waals surface area contributed by atoms with Crippen molar-refractivity contribution in [3.63, 3.8) is 0 Å². The average molecular weight is 587 g/mol. The van der Waals surface area contributed by atoms with E-state index in [0.717, 1.165) is 0 Å². The van der Waals surface area contributed by atoms with Crippen LogP contribution in [0.25, 0.3) is 22.6 Å². The number of nitrogens with zero attached hydrogens (tertiary/aromatic N) is 9. The molecule has 0 unspecified atom stereocenters. The lowest BCUT2D eigenvalue weighted by atomic mass is 10.2. The first kappa shape index (κ1) is 27.2. The highest BCUT2D eigenvalue weighted by molar-refractivity contribution is 7.93. The van der Waals surface area contributed by atoms with Crippen LogP contribution in [0, 0.1) is 0 Å². The standard InChI is InChI=1S/C23H23ClN10O5S/c1-13(18(37-2)19-25-9-14(24)10-26-19)40(35,36)32-23-31-30-20(15-11-29-33-8-6-5-7-16(15)33)34(23)17-21(38-3)27-12-28-22(17)39-4/h5-13,18H,1-4H3,(H,31,32)/t13-,18-/m0/s1. The zero-order chi connectivity index (χ0) is 28.4. The smallest absolute Gasteiger partial charge is 0.245 e. The molecule has 0 saturated carbocycles. The Morgan fingerprint density at radius 2 is 1.68 bits per heavy atom. The van der Waals surface area contributed by atoms with Crippen LogP contribution in [0.2, 0.25) is 5.02 Å². The molecular formula is C23H23ClN10O5S. The summed E-state index contributed by atoms with van der Waals surface area (Å²) in [7, 11) is -0.0294. The van der Waals surface area contributed by atoms with E-state index >= 15 is 0 Å². The predicted octanol–water partition coefficient (Wildman–Crippen LogP) is 2.35. The lowest BCUT2D eigenvalue weighted by Gasteiger charge is -2.22. The van der Waals surface area contributed by atoms with Gasteiger partial charge in [-0.2, -0.15) is 15.1 Å². The van der Waals surface area contributed by atoms with Crippen molar-refractivity contribution in [2.24, 2.45) is 0 Å². The molecule has 2 atom stereocenters. The molecule has 17 heteroatoms. The number of sulfonamides is 1. The van der Waals surface area contributed by atoms with Gasteiger partial charge < -0.3 is 14.2 Å². The molecule has 0 amide bonds. The van der Waals surface area contributed by atoms with Crippen LogP contribution in [0.1, 0.15) is 18.9 Å². The molecule has 0 spiro atoms. The Kier molecular flexibility index (Phi) is 7.46. The fourth-order valence-corrected chi connectivity index (χ4v) is 5.27. The van der Waals surface area contributed by atoms with E-state index in [1.165, 1.54) is 51.5 Å². The first-order valence-corrected chi connectivity index (χ1v) is 13.5. The van der Waals surface area contributed by atoms with Crippen molar-refractivity contribution < 1.29 is 22.6 Å². The SMILES string of the molecule is COc1ncnc(OC)c1-n1c(NS(=O)(=O)[C@@H](C)[C@H](OC)c2ncc(Cl)cn2)nnc1-c1cnn2ccccc12. The number of rotatable bonds is 10. The molecule has 0 radical (unpaired) electrons. The van der Waals surface area contributed by atoms with Crippen molar-refractivity contribution in [3.8, 4) is 28.8 Å². The Bertz CT molecular complexity index is 1740. The third-order valence-electron chi connectivity index (χ3n) is 5.99. The number of hydrogen-bond donors (Lipinski definition) is 1. The van der Waals surface area contributed by atoms with E-state index in [4.69, 9.17) is 25.8 Å². The molecule has 0 aliphatic heterocycles. The van der Waals surface area contributed by atoms with Crippen molar-refractivity contribution in [2.45, 2.75) is 18.3 Å². The minimum atomic E-state index is -4.21. The van der Waals surface area contributed by atoms with E-state index < -0.39 is 21.4 Å². The molecule has 0 aliphatic rings. The zero-order valence-electron chi connectivity index (χ0n) is 21.6. The number of hydrogen-bond acceptors (Lipinski definition) is 12. The van der Waals surface area contributed by atoms with E-state index in [0.29, 0.717) is 16.1 Å². The van der Waals surface area contributed by atoms with E-state index in [1.54, 1.807) is 16.9 Å². The van der Waals surface area contributed by atoms with Crippen molar-refractivity contribution in [2.75, 3.05) is 26.1 Å². The zero-order valence-corrected chi connectivity index (χ0v) is 23.2. The fraction of sp³-hybridized carbons (Fsp3) is 0.261. The van der Waals surface area contributed by atoms with E-state index in [1.807, 2.05) is 18.2 Å². The Balaban J connectivity index is 1.65. The summed E-state index contributed by atoms with van der Waals surface area (Å²) in [6.07, 6.45) is 6.28. The topological polar surface area (TPSA) is 173 Å². The molecule has 5 rings (SSSR count). The molecule has 5 aromatic heterocycles. The maximum atomic E-state index is 13.7. The van der Waals surface area contributed by atoms with E-state index in [2.05, 4.69) is 40.0 Å². The number of methoxy groups -OCH3 is 3. The molecule has 0 bridgehead atoms. The lowest BCUT2D eigenvalue weighted by molar-refractivity contribution is 0.0950. The molecule has 0 fully saturated rings. The third-order valence-corrected chi connectivity index (χ3v) is 7.88. The average Bonchev–Trinajstić information content (AvgIpc) is 3.57. The van der Waals surface area contributed by atoms with Crippen molar-refractivity contribution in [1.29, 1.82) is 0 Å². The van der Waals surface area contributed by atoms with Crippen LogP contribution < -0.4 is 14.2 Å². The molecule has 0 aromatic carbocycles. The van der Waals surface area contributed by atoms with Gasteiger partial charge in [0.1, 0.15) is 17.7 Å². The Hall–Kier alpha value is -4.41. The number of ether oxygens (including phenoxy) is 3. The van der Waals surface area contributed by atoms with Crippen LogP contribution in [-0.2, 0) is 14.8 Å². The van der Waals surface area contributed by atoms with Gasteiger partial charge in [0.25, 0.3) is 0 Å². The molecule has 40 heavy (non-hydrogen) atoms. The molecule has 208 valence electrons. The summed E-state index contributed by atoms with van der Waals surface area (Å²) in [5, 5.41) is 12.0. The highest BCUT2D eigenvalue weighted by Crippen LogP contribution is 2.36. The molecule has 0 aliphatic carbocycles. The third kappa shape index (κ3) is 4.87. The van der Waals surface area contributed by atoms with Crippen LogP contribution in [-0.4, -0.2) is 79.3 Å². The summed E-state index contributed by atoms with van der Waals surface area (Å²) in [5.41, 5.74) is 1.40. The van der Waals surface area contributed by atoms with Crippen LogP contribution >= 0.6 is 11.6 Å². The minimum absolute atomic E-state index is 0.0854. The highest BCUT2D eigenvalue weighted by Gasteiger charge is 2.35. The lowest BCUT2D eigenvalue weighted by Crippen LogP contribution is -2.33. The quantitative estimate of drug-likeness (QED) is 0.253. The molecule has 0 saturated heterocycles. The second-order valence-electron chi connectivity index (χ2n) is 8.28. The predicted molar refractivity (Wildman–Crippen MR) is 143 cm³/mol. The van der Waals surface area contributed by atoms with Crippen molar-refractivity contribution in [3.05, 3.63) is 60.2 Å². The van der Waals surface area contributed by atoms with Crippen LogP contribution in [0.3, 0.4) is 0 Å². The van der Waals surface area contributed by atoms with Gasteiger partial charge in [-0.05, 0) is 19.1 Å². The van der Waals surface area contributed by atoms with Gasteiger partial charge in [-0.25, -0.2) is 22.9 Å². The number of aromatic nitrogens is 9. The number of anilines is 1. The van der Waals surface area contributed by atoms with E-state index in [-0.39, 0.29) is 35.0 Å². The number of halogens is 1. The van der Waals surface area contributed by atoms with Crippen LogP contribution in [0.15, 0.2) is 49.3 Å². The van der Waals surface area contributed by atoms with Crippen molar-refractivity contribution >= 4 is 33.1 Å². The van der Waals surface area contributed by atoms with Gasteiger partial charge in [0.2, 0.25) is 27.7 Å². The summed E-state index contributed by atoms with van der Waals surface area (Å²) >= 11 is 5.89. The van der Waals surface area contributed by atoms with E-state index in [9.17, 15) is 8.42 Å². The molecule has 5 aromatic rings. The number of fused-ring (bicyclic) bond motifs is 1. The number of pyridine rings is 1. The van der Waals surface area contributed by atoms with Gasteiger partial charge >= 0.3 is 0 Å². The number of nitrogens with one attached hydrogen (secondary N) is 1. The first-order chi connectivity index (χ1) is 19.3. The Morgan fingerprint density at radius 3 is 2.33 bits per heavy atom. The van der Waals surface area contributed by atoms with Gasteiger partial charge in [-0.3, -0.25) is 9.29 Å². The first-order valence-electron chi connectivity index (χ1n) is 11.6. The van der Waals surface area contributed by atoms with Gasteiger partial charge in [-0.1, -0.05) is 17.7 Å². The van der Waals surface area contributed by atoms with Gasteiger partial charge in [0, 0.05) is 25.7 Å². The largest absolute Gasteiger partial charge is 0.479 e. The van der Waals surface area contributed by atoms with Gasteiger partial charge in [-0.15, -0.1) is 10.2 Å². The fourth-order valence-electron chi connectivity index (χ4n) is 4.04.